The van der Waals surface area contributed by atoms with Gasteiger partial charge in [0.1, 0.15) is 0 Å². The number of hydrogen-bond donors (Lipinski definition) is 1. The monoisotopic (exact) mass is 333 g/mol. The fraction of sp³-hybridized carbons (Fsp3) is 0.933. The number of piperidine rings is 1. The van der Waals surface area contributed by atoms with Crippen LogP contribution in [0.5, 0.6) is 0 Å². The molecule has 7 heteroatoms. The molecule has 0 unspecified atom stereocenters. The molecule has 0 aromatic rings. The van der Waals surface area contributed by atoms with Crippen molar-refractivity contribution in [2.75, 3.05) is 32.4 Å². The lowest BCUT2D eigenvalue weighted by Crippen LogP contribution is -2.55. The summed E-state index contributed by atoms with van der Waals surface area (Å²) in [6.07, 6.45) is 2.91. The molecule has 1 aliphatic rings. The summed E-state index contributed by atoms with van der Waals surface area (Å²) in [4.78, 5) is 14.2. The Bertz CT molecular complexity index is 463. The maximum absolute atomic E-state index is 12.4. The molecule has 1 fully saturated rings. The third-order valence-electron chi connectivity index (χ3n) is 4.60. The fourth-order valence-electron chi connectivity index (χ4n) is 3.13. The van der Waals surface area contributed by atoms with Gasteiger partial charge in [-0.1, -0.05) is 13.3 Å². The lowest BCUT2D eigenvalue weighted by molar-refractivity contribution is -0.133. The van der Waals surface area contributed by atoms with Crippen molar-refractivity contribution >= 4 is 15.9 Å². The van der Waals surface area contributed by atoms with Gasteiger partial charge in [-0.3, -0.25) is 4.79 Å². The van der Waals surface area contributed by atoms with E-state index in [1.54, 1.807) is 4.31 Å². The molecule has 130 valence electrons. The van der Waals surface area contributed by atoms with Gasteiger partial charge in [0.15, 0.2) is 0 Å². The Morgan fingerprint density at radius 2 is 1.91 bits per heavy atom. The van der Waals surface area contributed by atoms with Crippen molar-refractivity contribution in [3.05, 3.63) is 0 Å². The Morgan fingerprint density at radius 1 is 1.32 bits per heavy atom. The summed E-state index contributed by atoms with van der Waals surface area (Å²) in [7, 11) is -3.13. The summed E-state index contributed by atoms with van der Waals surface area (Å²) in [6.45, 7) is 10.4. The van der Waals surface area contributed by atoms with Crippen LogP contribution in [-0.4, -0.2) is 68.0 Å². The van der Waals surface area contributed by atoms with E-state index in [9.17, 15) is 13.2 Å². The lowest BCUT2D eigenvalue weighted by Gasteiger charge is -2.39. The van der Waals surface area contributed by atoms with E-state index in [4.69, 9.17) is 0 Å². The first kappa shape index (κ1) is 19.4. The smallest absolute Gasteiger partial charge is 0.239 e. The van der Waals surface area contributed by atoms with Gasteiger partial charge in [-0.2, -0.15) is 0 Å². The van der Waals surface area contributed by atoms with Crippen molar-refractivity contribution in [3.63, 3.8) is 0 Å². The van der Waals surface area contributed by atoms with E-state index in [2.05, 4.69) is 12.2 Å². The zero-order valence-electron chi connectivity index (χ0n) is 14.5. The van der Waals surface area contributed by atoms with Crippen LogP contribution in [0.3, 0.4) is 0 Å². The molecule has 0 radical (unpaired) electrons. The number of carbonyl (C=O) groups excluding carboxylic acids is 1. The maximum atomic E-state index is 12.4. The van der Waals surface area contributed by atoms with Crippen molar-refractivity contribution in [2.24, 2.45) is 5.92 Å². The molecule has 1 N–H and O–H groups in total. The average molecular weight is 333 g/mol. The summed E-state index contributed by atoms with van der Waals surface area (Å²) in [5, 5.41) is 3.43. The molecule has 1 aliphatic heterocycles. The molecule has 0 aromatic heterocycles. The number of rotatable bonds is 7. The van der Waals surface area contributed by atoms with Crippen LogP contribution >= 0.6 is 0 Å². The van der Waals surface area contributed by atoms with Crippen molar-refractivity contribution in [2.45, 2.75) is 52.6 Å². The number of nitrogens with one attached hydrogen (secondary N) is 1. The topological polar surface area (TPSA) is 69.7 Å². The highest BCUT2D eigenvalue weighted by molar-refractivity contribution is 7.88. The van der Waals surface area contributed by atoms with Crippen molar-refractivity contribution in [1.29, 1.82) is 0 Å². The van der Waals surface area contributed by atoms with Crippen molar-refractivity contribution in [3.8, 4) is 0 Å². The highest BCUT2D eigenvalue weighted by Gasteiger charge is 2.33. The number of carbonyl (C=O) groups is 1. The van der Waals surface area contributed by atoms with Crippen molar-refractivity contribution < 1.29 is 13.2 Å². The molecule has 22 heavy (non-hydrogen) atoms. The van der Waals surface area contributed by atoms with Gasteiger partial charge in [-0.05, 0) is 33.1 Å². The number of nitrogens with zero attached hydrogens (tertiary/aromatic N) is 2. The Morgan fingerprint density at radius 3 is 2.36 bits per heavy atom. The van der Waals surface area contributed by atoms with Gasteiger partial charge >= 0.3 is 0 Å². The number of amides is 1. The van der Waals surface area contributed by atoms with E-state index in [1.165, 1.54) is 6.26 Å². The molecule has 0 spiro atoms. The van der Waals surface area contributed by atoms with Crippen LogP contribution in [0.1, 0.15) is 40.5 Å². The largest absolute Gasteiger partial charge is 0.342 e. The molecule has 0 saturated carbocycles. The van der Waals surface area contributed by atoms with Crippen LogP contribution < -0.4 is 5.32 Å². The number of hydrogen-bond acceptors (Lipinski definition) is 4. The normalized spacial score (nSPS) is 25.0. The van der Waals surface area contributed by atoms with E-state index in [1.807, 2.05) is 25.7 Å². The Kier molecular flexibility index (Phi) is 7.28. The highest BCUT2D eigenvalue weighted by Crippen LogP contribution is 2.22. The molecule has 1 amide bonds. The predicted octanol–water partition coefficient (Wildman–Crippen LogP) is 0.893. The summed E-state index contributed by atoms with van der Waals surface area (Å²) in [5.74, 6) is 0.362. The number of likely N-dealkylation sites (N-methyl/N-ethyl adjacent to an activating group) is 1. The van der Waals surface area contributed by atoms with Gasteiger partial charge in [0, 0.05) is 32.2 Å². The van der Waals surface area contributed by atoms with Crippen LogP contribution in [0, 0.1) is 5.92 Å². The molecular weight excluding hydrogens is 302 g/mol. The third-order valence-corrected chi connectivity index (χ3v) is 5.87. The highest BCUT2D eigenvalue weighted by atomic mass is 32.2. The molecule has 1 heterocycles. The van der Waals surface area contributed by atoms with Gasteiger partial charge < -0.3 is 10.2 Å². The van der Waals surface area contributed by atoms with Crippen LogP contribution in [0.4, 0.5) is 0 Å². The minimum atomic E-state index is -3.13. The summed E-state index contributed by atoms with van der Waals surface area (Å²) in [6, 6.07) is -0.0405. The zero-order chi connectivity index (χ0) is 16.9. The molecule has 0 aromatic carbocycles. The minimum absolute atomic E-state index is 0.116. The van der Waals surface area contributed by atoms with Gasteiger partial charge in [-0.25, -0.2) is 12.7 Å². The second kappa shape index (κ2) is 8.26. The SMILES string of the molecule is CC[C@@H]1CN(S(C)(=O)=O)CC[C@@H]1N[C@H](C)C(=O)N(CC)CC. The lowest BCUT2D eigenvalue weighted by atomic mass is 9.90. The third kappa shape index (κ3) is 4.93. The molecule has 0 bridgehead atoms. The van der Waals surface area contributed by atoms with E-state index >= 15 is 0 Å². The maximum Gasteiger partial charge on any atom is 0.239 e. The molecule has 6 nitrogen and oxygen atoms in total. The minimum Gasteiger partial charge on any atom is -0.342 e. The average Bonchev–Trinajstić information content (AvgIpc) is 2.47. The molecular formula is C15H31N3O3S. The Balaban J connectivity index is 2.67. The van der Waals surface area contributed by atoms with E-state index in [-0.39, 0.29) is 23.9 Å². The van der Waals surface area contributed by atoms with Crippen LogP contribution in [-0.2, 0) is 14.8 Å². The molecule has 1 saturated heterocycles. The van der Waals surface area contributed by atoms with Gasteiger partial charge in [0.25, 0.3) is 0 Å². The van der Waals surface area contributed by atoms with Gasteiger partial charge in [0.2, 0.25) is 15.9 Å². The standard InChI is InChI=1S/C15H31N3O3S/c1-6-13-11-18(22(5,20)21)10-9-14(13)16-12(4)15(19)17(7-2)8-3/h12-14,16H,6-11H2,1-5H3/t12-,13-,14+/m1/s1. The Hall–Kier alpha value is -0.660. The van der Waals surface area contributed by atoms with Crippen LogP contribution in [0.25, 0.3) is 0 Å². The first-order chi connectivity index (χ1) is 10.2. The van der Waals surface area contributed by atoms with Crippen LogP contribution in [0.2, 0.25) is 0 Å². The fourth-order valence-corrected chi connectivity index (χ4v) is 4.03. The predicted molar refractivity (Wildman–Crippen MR) is 89.1 cm³/mol. The molecule has 3 atom stereocenters. The first-order valence-electron chi connectivity index (χ1n) is 8.24. The van der Waals surface area contributed by atoms with Crippen molar-refractivity contribution in [1.82, 2.24) is 14.5 Å². The first-order valence-corrected chi connectivity index (χ1v) is 10.1. The Labute approximate surface area is 135 Å². The van der Waals surface area contributed by atoms with Gasteiger partial charge in [-0.15, -0.1) is 0 Å². The van der Waals surface area contributed by atoms with Crippen LogP contribution in [0.15, 0.2) is 0 Å². The summed E-state index contributed by atoms with van der Waals surface area (Å²) >= 11 is 0. The van der Waals surface area contributed by atoms with Gasteiger partial charge in [0.05, 0.1) is 12.3 Å². The summed E-state index contributed by atoms with van der Waals surface area (Å²) in [5.41, 5.74) is 0. The molecule has 0 aliphatic carbocycles. The van der Waals surface area contributed by atoms with E-state index < -0.39 is 10.0 Å². The molecule has 1 rings (SSSR count). The second-order valence-electron chi connectivity index (χ2n) is 6.08. The quantitative estimate of drug-likeness (QED) is 0.751. The second-order valence-corrected chi connectivity index (χ2v) is 8.07. The summed E-state index contributed by atoms with van der Waals surface area (Å²) < 4.78 is 24.9. The van der Waals surface area contributed by atoms with E-state index in [0.29, 0.717) is 26.2 Å². The van der Waals surface area contributed by atoms with E-state index in [0.717, 1.165) is 12.8 Å². The zero-order valence-corrected chi connectivity index (χ0v) is 15.3. The number of sulfonamides is 1.